The van der Waals surface area contributed by atoms with Crippen LogP contribution in [-0.4, -0.2) is 54.4 Å². The number of thiocarbonyl (C=S) groups is 1. The summed E-state index contributed by atoms with van der Waals surface area (Å²) in [6.07, 6.45) is 0.967. The summed E-state index contributed by atoms with van der Waals surface area (Å²) in [4.78, 5) is 16.7. The number of rotatable bonds is 8. The fourth-order valence-corrected chi connectivity index (χ4v) is 2.31. The van der Waals surface area contributed by atoms with Gasteiger partial charge in [-0.2, -0.15) is 0 Å². The zero-order valence-corrected chi connectivity index (χ0v) is 13.1. The third-order valence-electron chi connectivity index (χ3n) is 2.97. The molecule has 1 unspecified atom stereocenters. The normalized spacial score (nSPS) is 12.8. The highest BCUT2D eigenvalue weighted by Crippen LogP contribution is 2.15. The lowest BCUT2D eigenvalue weighted by molar-refractivity contribution is -0.134. The Labute approximate surface area is 116 Å². The molecule has 0 aliphatic rings. The van der Waals surface area contributed by atoms with Crippen molar-refractivity contribution in [3.63, 3.8) is 0 Å². The summed E-state index contributed by atoms with van der Waals surface area (Å²) >= 11 is 5.01. The first kappa shape index (κ1) is 17.3. The SMILES string of the molecule is CCN(CCCN(C)C)C(=O)C(C(N)=S)C(C)C. The van der Waals surface area contributed by atoms with Crippen molar-refractivity contribution in [3.05, 3.63) is 0 Å². The number of nitrogens with two attached hydrogens (primary N) is 1. The predicted molar refractivity (Wildman–Crippen MR) is 80.5 cm³/mol. The molecular weight excluding hydrogens is 246 g/mol. The molecule has 1 amide bonds. The fourth-order valence-electron chi connectivity index (χ4n) is 1.93. The summed E-state index contributed by atoms with van der Waals surface area (Å²) < 4.78 is 0. The molecule has 0 spiro atoms. The lowest BCUT2D eigenvalue weighted by Gasteiger charge is -2.28. The van der Waals surface area contributed by atoms with Crippen molar-refractivity contribution >= 4 is 23.1 Å². The number of hydrogen-bond acceptors (Lipinski definition) is 3. The molecule has 0 saturated heterocycles. The highest BCUT2D eigenvalue weighted by molar-refractivity contribution is 7.80. The van der Waals surface area contributed by atoms with E-state index in [0.29, 0.717) is 11.5 Å². The summed E-state index contributed by atoms with van der Waals surface area (Å²) in [7, 11) is 4.06. The predicted octanol–water partition coefficient (Wildman–Crippen LogP) is 1.34. The van der Waals surface area contributed by atoms with Gasteiger partial charge in [0, 0.05) is 13.1 Å². The maximum absolute atomic E-state index is 12.4. The molecule has 0 bridgehead atoms. The Balaban J connectivity index is 4.53. The molecule has 0 heterocycles. The fraction of sp³-hybridized carbons (Fsp3) is 0.846. The number of carbonyl (C=O) groups excluding carboxylic acids is 1. The molecule has 106 valence electrons. The Bertz CT molecular complexity index is 279. The number of carbonyl (C=O) groups is 1. The van der Waals surface area contributed by atoms with Crippen molar-refractivity contribution in [2.24, 2.45) is 17.6 Å². The van der Waals surface area contributed by atoms with E-state index in [0.717, 1.165) is 19.5 Å². The Kier molecular flexibility index (Phi) is 8.11. The Morgan fingerprint density at radius 3 is 2.17 bits per heavy atom. The van der Waals surface area contributed by atoms with Crippen molar-refractivity contribution in [1.29, 1.82) is 0 Å². The third kappa shape index (κ3) is 5.78. The van der Waals surface area contributed by atoms with Crippen LogP contribution in [0.2, 0.25) is 0 Å². The standard InChI is InChI=1S/C13H27N3OS/c1-6-16(9-7-8-15(4)5)13(17)11(10(2)3)12(14)18/h10-11H,6-9H2,1-5H3,(H2,14,18). The quantitative estimate of drug-likeness (QED) is 0.678. The maximum atomic E-state index is 12.4. The second-order valence-corrected chi connectivity index (χ2v) is 5.67. The molecule has 0 aliphatic heterocycles. The lowest BCUT2D eigenvalue weighted by Crippen LogP contribution is -2.44. The van der Waals surface area contributed by atoms with Crippen LogP contribution in [0.4, 0.5) is 0 Å². The maximum Gasteiger partial charge on any atom is 0.232 e. The molecule has 0 aromatic rings. The van der Waals surface area contributed by atoms with Gasteiger partial charge in [-0.15, -0.1) is 0 Å². The van der Waals surface area contributed by atoms with E-state index in [-0.39, 0.29) is 17.7 Å². The minimum Gasteiger partial charge on any atom is -0.393 e. The second-order valence-electron chi connectivity index (χ2n) is 5.20. The lowest BCUT2D eigenvalue weighted by atomic mass is 9.94. The molecule has 4 nitrogen and oxygen atoms in total. The van der Waals surface area contributed by atoms with Crippen LogP contribution in [0.3, 0.4) is 0 Å². The van der Waals surface area contributed by atoms with Crippen LogP contribution < -0.4 is 5.73 Å². The summed E-state index contributed by atoms with van der Waals surface area (Å²) in [5.74, 6) is -0.115. The van der Waals surface area contributed by atoms with Crippen LogP contribution in [0.1, 0.15) is 27.2 Å². The number of amides is 1. The molecule has 18 heavy (non-hydrogen) atoms. The molecule has 5 heteroatoms. The van der Waals surface area contributed by atoms with Gasteiger partial charge in [0.05, 0.1) is 10.9 Å². The molecule has 0 rings (SSSR count). The molecule has 1 atom stereocenters. The average Bonchev–Trinajstić information content (AvgIpc) is 2.22. The van der Waals surface area contributed by atoms with E-state index < -0.39 is 0 Å². The van der Waals surface area contributed by atoms with Gasteiger partial charge >= 0.3 is 0 Å². The van der Waals surface area contributed by atoms with Crippen LogP contribution >= 0.6 is 12.2 Å². The zero-order valence-electron chi connectivity index (χ0n) is 12.3. The molecule has 0 aromatic heterocycles. The van der Waals surface area contributed by atoms with Gasteiger partial charge in [-0.1, -0.05) is 26.1 Å². The van der Waals surface area contributed by atoms with E-state index in [2.05, 4.69) is 4.90 Å². The minimum absolute atomic E-state index is 0.0683. The Morgan fingerprint density at radius 2 is 1.83 bits per heavy atom. The summed E-state index contributed by atoms with van der Waals surface area (Å²) in [6.45, 7) is 8.40. The first-order chi connectivity index (χ1) is 8.31. The van der Waals surface area contributed by atoms with E-state index in [1.165, 1.54) is 0 Å². The van der Waals surface area contributed by atoms with E-state index in [9.17, 15) is 4.79 Å². The monoisotopic (exact) mass is 273 g/mol. The van der Waals surface area contributed by atoms with Crippen LogP contribution in [0.25, 0.3) is 0 Å². The molecule has 0 aromatic carbocycles. The highest BCUT2D eigenvalue weighted by atomic mass is 32.1. The average molecular weight is 273 g/mol. The van der Waals surface area contributed by atoms with Crippen molar-refractivity contribution in [2.75, 3.05) is 33.7 Å². The van der Waals surface area contributed by atoms with Crippen LogP contribution in [0.15, 0.2) is 0 Å². The first-order valence-electron chi connectivity index (χ1n) is 6.54. The number of hydrogen-bond donors (Lipinski definition) is 1. The molecule has 2 N–H and O–H groups in total. The molecule has 0 saturated carbocycles. The van der Waals surface area contributed by atoms with E-state index in [1.54, 1.807) is 0 Å². The van der Waals surface area contributed by atoms with Gasteiger partial charge in [0.1, 0.15) is 0 Å². The van der Waals surface area contributed by atoms with E-state index in [1.807, 2.05) is 39.8 Å². The van der Waals surface area contributed by atoms with Crippen LogP contribution in [0.5, 0.6) is 0 Å². The van der Waals surface area contributed by atoms with Gasteiger partial charge < -0.3 is 15.5 Å². The zero-order chi connectivity index (χ0) is 14.3. The van der Waals surface area contributed by atoms with E-state index in [4.69, 9.17) is 18.0 Å². The third-order valence-corrected chi connectivity index (χ3v) is 3.22. The van der Waals surface area contributed by atoms with Gasteiger partial charge in [-0.05, 0) is 39.9 Å². The van der Waals surface area contributed by atoms with Crippen molar-refractivity contribution in [2.45, 2.75) is 27.2 Å². The van der Waals surface area contributed by atoms with Crippen molar-refractivity contribution in [3.8, 4) is 0 Å². The molecule has 0 radical (unpaired) electrons. The molecular formula is C13H27N3OS. The van der Waals surface area contributed by atoms with Gasteiger partial charge in [0.2, 0.25) is 5.91 Å². The molecule has 0 fully saturated rings. The van der Waals surface area contributed by atoms with Gasteiger partial charge in [0.15, 0.2) is 0 Å². The van der Waals surface area contributed by atoms with Crippen LogP contribution in [-0.2, 0) is 4.79 Å². The minimum atomic E-state index is -0.334. The Morgan fingerprint density at radius 1 is 1.28 bits per heavy atom. The second kappa shape index (κ2) is 8.43. The smallest absolute Gasteiger partial charge is 0.232 e. The van der Waals surface area contributed by atoms with Gasteiger partial charge in [0.25, 0.3) is 0 Å². The number of nitrogens with zero attached hydrogens (tertiary/aromatic N) is 2. The summed E-state index contributed by atoms with van der Waals surface area (Å²) in [5, 5.41) is 0. The van der Waals surface area contributed by atoms with Crippen LogP contribution in [0, 0.1) is 11.8 Å². The first-order valence-corrected chi connectivity index (χ1v) is 6.94. The summed E-state index contributed by atoms with van der Waals surface area (Å²) in [5.41, 5.74) is 5.68. The summed E-state index contributed by atoms with van der Waals surface area (Å²) in [6, 6.07) is 0. The topological polar surface area (TPSA) is 49.6 Å². The van der Waals surface area contributed by atoms with E-state index >= 15 is 0 Å². The van der Waals surface area contributed by atoms with Gasteiger partial charge in [-0.25, -0.2) is 0 Å². The highest BCUT2D eigenvalue weighted by Gasteiger charge is 2.28. The largest absolute Gasteiger partial charge is 0.393 e. The Hall–Kier alpha value is -0.680. The van der Waals surface area contributed by atoms with Crippen molar-refractivity contribution < 1.29 is 4.79 Å². The molecule has 0 aliphatic carbocycles. The van der Waals surface area contributed by atoms with Gasteiger partial charge in [-0.3, -0.25) is 4.79 Å². The van der Waals surface area contributed by atoms with Crippen molar-refractivity contribution in [1.82, 2.24) is 9.80 Å².